The number of aromatic nitrogens is 2. The van der Waals surface area contributed by atoms with Crippen LogP contribution < -0.4 is 5.32 Å². The van der Waals surface area contributed by atoms with Gasteiger partial charge in [0, 0.05) is 41.8 Å². The van der Waals surface area contributed by atoms with Gasteiger partial charge in [-0.15, -0.1) is 11.3 Å². The van der Waals surface area contributed by atoms with Crippen LogP contribution in [-0.4, -0.2) is 31.8 Å². The number of carbonyl (C=O) groups excluding carboxylic acids is 1. The second kappa shape index (κ2) is 10.2. The van der Waals surface area contributed by atoms with Crippen molar-refractivity contribution in [1.29, 1.82) is 5.41 Å². The number of aliphatic hydroxyl groups excluding tert-OH is 1. The van der Waals surface area contributed by atoms with Gasteiger partial charge in [0.15, 0.2) is 0 Å². The van der Waals surface area contributed by atoms with Gasteiger partial charge in [-0.2, -0.15) is 0 Å². The summed E-state index contributed by atoms with van der Waals surface area (Å²) in [6, 6.07) is 17.0. The summed E-state index contributed by atoms with van der Waals surface area (Å²) in [6.07, 6.45) is 4.92. The predicted octanol–water partition coefficient (Wildman–Crippen LogP) is 4.33. The molecule has 166 valence electrons. The van der Waals surface area contributed by atoms with Gasteiger partial charge in [0.2, 0.25) is 0 Å². The minimum absolute atomic E-state index is 0.0400. The van der Waals surface area contributed by atoms with Gasteiger partial charge in [0.1, 0.15) is 5.75 Å². The van der Waals surface area contributed by atoms with Crippen molar-refractivity contribution in [2.75, 3.05) is 0 Å². The zero-order valence-corrected chi connectivity index (χ0v) is 18.4. The van der Waals surface area contributed by atoms with Crippen LogP contribution in [-0.2, 0) is 6.61 Å². The number of nitrogens with one attached hydrogen (secondary N) is 2. The molecule has 1 amide bonds. The Labute approximate surface area is 194 Å². The maximum absolute atomic E-state index is 13.1. The fraction of sp³-hybridized carbons (Fsp3) is 0.120. The second-order valence-corrected chi connectivity index (χ2v) is 8.47. The molecule has 0 radical (unpaired) electrons. The van der Waals surface area contributed by atoms with Gasteiger partial charge >= 0.3 is 0 Å². The summed E-state index contributed by atoms with van der Waals surface area (Å²) >= 11 is 1.33. The topological polar surface area (TPSA) is 119 Å². The predicted molar refractivity (Wildman–Crippen MR) is 127 cm³/mol. The molecule has 4 N–H and O–H groups in total. The smallest absolute Gasteiger partial charge is 0.261 e. The number of thiophene rings is 1. The molecule has 0 fully saturated rings. The molecule has 0 aliphatic carbocycles. The number of pyridine rings is 2. The summed E-state index contributed by atoms with van der Waals surface area (Å²) in [7, 11) is 0. The second-order valence-electron chi connectivity index (χ2n) is 7.39. The molecule has 0 saturated carbocycles. The van der Waals surface area contributed by atoms with Crippen LogP contribution in [0.3, 0.4) is 0 Å². The molecule has 0 aliphatic heterocycles. The lowest BCUT2D eigenvalue weighted by atomic mass is 9.96. The van der Waals surface area contributed by atoms with E-state index in [9.17, 15) is 15.0 Å². The number of phenols is 1. The van der Waals surface area contributed by atoms with E-state index < -0.39 is 6.04 Å². The first-order valence-corrected chi connectivity index (χ1v) is 11.1. The highest BCUT2D eigenvalue weighted by Gasteiger charge is 2.22. The van der Waals surface area contributed by atoms with E-state index in [2.05, 4.69) is 15.3 Å². The van der Waals surface area contributed by atoms with Crippen molar-refractivity contribution in [1.82, 2.24) is 15.3 Å². The molecule has 1 atom stereocenters. The number of carbonyl (C=O) groups is 1. The molecular formula is C25H22N4O3S. The number of rotatable bonds is 8. The third-order valence-corrected chi connectivity index (χ3v) is 6.21. The van der Waals surface area contributed by atoms with Gasteiger partial charge in [0.05, 0.1) is 28.1 Å². The third-order valence-electron chi connectivity index (χ3n) is 5.10. The van der Waals surface area contributed by atoms with Crippen LogP contribution in [0.25, 0.3) is 10.6 Å². The lowest BCUT2D eigenvalue weighted by molar-refractivity contribution is 0.0941. The molecule has 8 heteroatoms. The molecule has 0 saturated heterocycles. The summed E-state index contributed by atoms with van der Waals surface area (Å²) in [5.74, 6) is -0.261. The van der Waals surface area contributed by atoms with Crippen LogP contribution in [0, 0.1) is 5.41 Å². The van der Waals surface area contributed by atoms with Crippen molar-refractivity contribution >= 4 is 23.0 Å². The summed E-state index contributed by atoms with van der Waals surface area (Å²) in [6.45, 7) is -0.176. The first kappa shape index (κ1) is 22.3. The zero-order valence-electron chi connectivity index (χ0n) is 17.6. The Kier molecular flexibility index (Phi) is 6.87. The Morgan fingerprint density at radius 2 is 1.91 bits per heavy atom. The molecule has 3 aromatic heterocycles. The highest BCUT2D eigenvalue weighted by atomic mass is 32.1. The van der Waals surface area contributed by atoms with Crippen molar-refractivity contribution in [3.63, 3.8) is 0 Å². The molecule has 1 unspecified atom stereocenters. The van der Waals surface area contributed by atoms with Crippen LogP contribution in [0.2, 0.25) is 0 Å². The number of hydrogen-bond donors (Lipinski definition) is 4. The van der Waals surface area contributed by atoms with Crippen LogP contribution in [0.5, 0.6) is 5.75 Å². The van der Waals surface area contributed by atoms with Crippen molar-refractivity contribution < 1.29 is 15.0 Å². The molecule has 0 bridgehead atoms. The highest BCUT2D eigenvalue weighted by molar-refractivity contribution is 7.17. The van der Waals surface area contributed by atoms with Gasteiger partial charge in [-0.1, -0.05) is 24.3 Å². The SMILES string of the molecule is N=C(CC(NC(=O)c1ccc(-c2ccccn2)s1)c1ccccc1O)c1cncc(CO)c1. The molecule has 0 spiro atoms. The van der Waals surface area contributed by atoms with Crippen molar-refractivity contribution in [3.05, 3.63) is 101 Å². The van der Waals surface area contributed by atoms with E-state index in [0.29, 0.717) is 21.6 Å². The number of benzene rings is 1. The van der Waals surface area contributed by atoms with Gasteiger partial charge in [0.25, 0.3) is 5.91 Å². The Bertz CT molecular complexity index is 1270. The van der Waals surface area contributed by atoms with Crippen LogP contribution in [0.1, 0.15) is 38.8 Å². The number of phenolic OH excluding ortho intramolecular Hbond substituents is 1. The number of hydrogen-bond acceptors (Lipinski definition) is 7. The van der Waals surface area contributed by atoms with E-state index in [1.165, 1.54) is 17.5 Å². The maximum atomic E-state index is 13.1. The zero-order chi connectivity index (χ0) is 23.2. The number of aliphatic hydroxyl groups is 1. The fourth-order valence-electron chi connectivity index (χ4n) is 3.42. The van der Waals surface area contributed by atoms with E-state index in [1.54, 1.807) is 48.8 Å². The Morgan fingerprint density at radius 1 is 1.09 bits per heavy atom. The summed E-state index contributed by atoms with van der Waals surface area (Å²) in [4.78, 5) is 22.9. The van der Waals surface area contributed by atoms with Crippen LogP contribution in [0.4, 0.5) is 0 Å². The monoisotopic (exact) mass is 458 g/mol. The molecule has 3 heterocycles. The van der Waals surface area contributed by atoms with Gasteiger partial charge < -0.3 is 20.9 Å². The molecule has 7 nitrogen and oxygen atoms in total. The fourth-order valence-corrected chi connectivity index (χ4v) is 4.30. The molecule has 1 aromatic carbocycles. The summed E-state index contributed by atoms with van der Waals surface area (Å²) < 4.78 is 0. The average molecular weight is 459 g/mol. The third kappa shape index (κ3) is 5.31. The minimum Gasteiger partial charge on any atom is -0.508 e. The van der Waals surface area contributed by atoms with E-state index in [4.69, 9.17) is 5.41 Å². The molecule has 4 rings (SSSR count). The van der Waals surface area contributed by atoms with Crippen LogP contribution in [0.15, 0.2) is 79.3 Å². The van der Waals surface area contributed by atoms with E-state index in [0.717, 1.165) is 10.6 Å². The largest absolute Gasteiger partial charge is 0.508 e. The maximum Gasteiger partial charge on any atom is 0.261 e. The first-order chi connectivity index (χ1) is 16.0. The number of para-hydroxylation sites is 1. The Morgan fingerprint density at radius 3 is 2.67 bits per heavy atom. The minimum atomic E-state index is -0.635. The average Bonchev–Trinajstić information content (AvgIpc) is 3.35. The van der Waals surface area contributed by atoms with Crippen molar-refractivity contribution in [2.45, 2.75) is 19.1 Å². The lowest BCUT2D eigenvalue weighted by Gasteiger charge is -2.20. The van der Waals surface area contributed by atoms with Crippen molar-refractivity contribution in [3.8, 4) is 16.3 Å². The Balaban J connectivity index is 1.58. The van der Waals surface area contributed by atoms with Gasteiger partial charge in [-0.3, -0.25) is 14.8 Å². The number of amides is 1. The Hall–Kier alpha value is -3.88. The summed E-state index contributed by atoms with van der Waals surface area (Å²) in [5, 5.41) is 31.3. The quantitative estimate of drug-likeness (QED) is 0.293. The van der Waals surface area contributed by atoms with Gasteiger partial charge in [-0.25, -0.2) is 0 Å². The number of aromatic hydroxyl groups is 1. The van der Waals surface area contributed by atoms with E-state index in [1.807, 2.05) is 24.3 Å². The summed E-state index contributed by atoms with van der Waals surface area (Å²) in [5.41, 5.74) is 2.68. The highest BCUT2D eigenvalue weighted by Crippen LogP contribution is 2.30. The first-order valence-electron chi connectivity index (χ1n) is 10.3. The van der Waals surface area contributed by atoms with E-state index in [-0.39, 0.29) is 30.4 Å². The normalized spacial score (nSPS) is 11.7. The molecule has 4 aromatic rings. The van der Waals surface area contributed by atoms with Gasteiger partial charge in [-0.05, 0) is 42.0 Å². The lowest BCUT2D eigenvalue weighted by Crippen LogP contribution is -2.29. The van der Waals surface area contributed by atoms with Crippen LogP contribution >= 0.6 is 11.3 Å². The molecular weight excluding hydrogens is 436 g/mol. The number of nitrogens with zero attached hydrogens (tertiary/aromatic N) is 2. The molecule has 33 heavy (non-hydrogen) atoms. The standard InChI is InChI=1S/C25H22N4O3S/c26-19(17-11-16(15-30)13-27-14-17)12-21(18-5-1-2-7-22(18)31)29-25(32)24-9-8-23(33-24)20-6-3-4-10-28-20/h1-11,13-14,21,26,30-31H,12,15H2,(H,29,32). The van der Waals surface area contributed by atoms with Crippen molar-refractivity contribution in [2.24, 2.45) is 0 Å². The molecule has 0 aliphatic rings. The van der Waals surface area contributed by atoms with E-state index >= 15 is 0 Å².